The Morgan fingerprint density at radius 3 is 2.73 bits per heavy atom. The van der Waals surface area contributed by atoms with E-state index in [0.29, 0.717) is 13.1 Å². The average molecular weight is 300 g/mol. The van der Waals surface area contributed by atoms with E-state index in [1.807, 2.05) is 12.3 Å². The summed E-state index contributed by atoms with van der Waals surface area (Å²) in [5.74, 6) is 0.108. The molecule has 0 bridgehead atoms. The summed E-state index contributed by atoms with van der Waals surface area (Å²) in [7, 11) is 0. The number of hydrogen-bond acceptors (Lipinski definition) is 3. The Kier molecular flexibility index (Phi) is 4.75. The number of carbonyl (C=O) groups excluding carboxylic acids is 1. The summed E-state index contributed by atoms with van der Waals surface area (Å²) in [6.45, 7) is 8.46. The highest BCUT2D eigenvalue weighted by molar-refractivity contribution is 5.80. The molecular weight excluding hydrogens is 276 g/mol. The van der Waals surface area contributed by atoms with E-state index in [1.54, 1.807) is 0 Å². The van der Waals surface area contributed by atoms with E-state index < -0.39 is 0 Å². The lowest BCUT2D eigenvalue weighted by Crippen LogP contribution is -2.49. The number of carbonyl (C=O) groups is 1. The van der Waals surface area contributed by atoms with E-state index >= 15 is 0 Å². The minimum Gasteiger partial charge on any atom is -0.361 e. The van der Waals surface area contributed by atoms with E-state index in [2.05, 4.69) is 45.2 Å². The fourth-order valence-electron chi connectivity index (χ4n) is 2.93. The highest BCUT2D eigenvalue weighted by atomic mass is 16.2. The highest BCUT2D eigenvalue weighted by Crippen LogP contribution is 2.13. The number of H-pyrrole nitrogens is 1. The van der Waals surface area contributed by atoms with Crippen LogP contribution in [0.5, 0.6) is 0 Å². The van der Waals surface area contributed by atoms with Crippen molar-refractivity contribution in [1.82, 2.24) is 20.1 Å². The van der Waals surface area contributed by atoms with Crippen molar-refractivity contribution in [2.45, 2.75) is 13.5 Å². The summed E-state index contributed by atoms with van der Waals surface area (Å²) >= 11 is 0. The van der Waals surface area contributed by atoms with Crippen LogP contribution in [0, 0.1) is 0 Å². The second kappa shape index (κ2) is 6.94. The molecule has 0 saturated carbocycles. The molecule has 0 aliphatic carbocycles. The number of rotatable bonds is 5. The molecule has 1 aromatic heterocycles. The van der Waals surface area contributed by atoms with Gasteiger partial charge in [-0.3, -0.25) is 9.69 Å². The third kappa shape index (κ3) is 3.67. The molecule has 1 aromatic carbocycles. The standard InChI is InChI=1S/C17H24N4O/c1-2-20-7-9-21(10-8-20)13-17(22)19-12-14-3-4-15-5-6-18-16(15)11-14/h3-6,11,18H,2,7-10,12-13H2,1H3,(H,19,22). The second-order valence-electron chi connectivity index (χ2n) is 5.89. The van der Waals surface area contributed by atoms with Gasteiger partial charge < -0.3 is 15.2 Å². The Morgan fingerprint density at radius 1 is 1.18 bits per heavy atom. The fourth-order valence-corrected chi connectivity index (χ4v) is 2.93. The number of likely N-dealkylation sites (N-methyl/N-ethyl adjacent to an activating group) is 1. The van der Waals surface area contributed by atoms with Crippen LogP contribution >= 0.6 is 0 Å². The predicted octanol–water partition coefficient (Wildman–Crippen LogP) is 1.42. The summed E-state index contributed by atoms with van der Waals surface area (Å²) in [5, 5.41) is 4.22. The number of benzene rings is 1. The van der Waals surface area contributed by atoms with Crippen molar-refractivity contribution in [3.8, 4) is 0 Å². The number of amides is 1. The molecule has 1 saturated heterocycles. The normalized spacial score (nSPS) is 17.0. The molecule has 2 aromatic rings. The molecular formula is C17H24N4O. The first kappa shape index (κ1) is 15.1. The van der Waals surface area contributed by atoms with Crippen LogP contribution in [0.4, 0.5) is 0 Å². The van der Waals surface area contributed by atoms with Gasteiger partial charge in [0.1, 0.15) is 0 Å². The number of nitrogens with one attached hydrogen (secondary N) is 2. The topological polar surface area (TPSA) is 51.4 Å². The Bertz CT molecular complexity index is 628. The fraction of sp³-hybridized carbons (Fsp3) is 0.471. The zero-order valence-corrected chi connectivity index (χ0v) is 13.1. The third-order valence-corrected chi connectivity index (χ3v) is 4.39. The molecule has 1 aliphatic heterocycles. The highest BCUT2D eigenvalue weighted by Gasteiger charge is 2.17. The molecule has 1 amide bonds. The lowest BCUT2D eigenvalue weighted by atomic mass is 10.1. The van der Waals surface area contributed by atoms with Gasteiger partial charge in [0.25, 0.3) is 0 Å². The summed E-state index contributed by atoms with van der Waals surface area (Å²) in [5.41, 5.74) is 2.24. The van der Waals surface area contributed by atoms with Crippen molar-refractivity contribution in [1.29, 1.82) is 0 Å². The Balaban J connectivity index is 1.46. The second-order valence-corrected chi connectivity index (χ2v) is 5.89. The molecule has 22 heavy (non-hydrogen) atoms. The summed E-state index contributed by atoms with van der Waals surface area (Å²) < 4.78 is 0. The first-order valence-corrected chi connectivity index (χ1v) is 8.02. The van der Waals surface area contributed by atoms with Crippen molar-refractivity contribution in [3.05, 3.63) is 36.0 Å². The van der Waals surface area contributed by atoms with Gasteiger partial charge in [0.05, 0.1) is 6.54 Å². The minimum absolute atomic E-state index is 0.108. The van der Waals surface area contributed by atoms with Gasteiger partial charge in [0, 0.05) is 44.4 Å². The van der Waals surface area contributed by atoms with Gasteiger partial charge >= 0.3 is 0 Å². The van der Waals surface area contributed by atoms with Crippen LogP contribution in [0.3, 0.4) is 0 Å². The van der Waals surface area contributed by atoms with Gasteiger partial charge in [-0.2, -0.15) is 0 Å². The zero-order chi connectivity index (χ0) is 15.4. The number of piperazine rings is 1. The molecule has 3 rings (SSSR count). The van der Waals surface area contributed by atoms with E-state index in [-0.39, 0.29) is 5.91 Å². The number of fused-ring (bicyclic) bond motifs is 1. The Hall–Kier alpha value is -1.85. The molecule has 0 spiro atoms. The molecule has 0 radical (unpaired) electrons. The first-order chi connectivity index (χ1) is 10.7. The van der Waals surface area contributed by atoms with Crippen LogP contribution < -0.4 is 5.32 Å². The molecule has 1 aliphatic rings. The van der Waals surface area contributed by atoms with Crippen molar-refractivity contribution >= 4 is 16.8 Å². The van der Waals surface area contributed by atoms with Crippen LogP contribution in [0.25, 0.3) is 10.9 Å². The number of aromatic amines is 1. The van der Waals surface area contributed by atoms with Crippen molar-refractivity contribution in [3.63, 3.8) is 0 Å². The van der Waals surface area contributed by atoms with Gasteiger partial charge in [0.2, 0.25) is 5.91 Å². The maximum Gasteiger partial charge on any atom is 0.234 e. The predicted molar refractivity (Wildman–Crippen MR) is 88.7 cm³/mol. The molecule has 5 nitrogen and oxygen atoms in total. The van der Waals surface area contributed by atoms with Crippen molar-refractivity contribution < 1.29 is 4.79 Å². The van der Waals surface area contributed by atoms with Crippen LogP contribution in [0.1, 0.15) is 12.5 Å². The lowest BCUT2D eigenvalue weighted by molar-refractivity contribution is -0.122. The Morgan fingerprint density at radius 2 is 1.95 bits per heavy atom. The van der Waals surface area contributed by atoms with Crippen LogP contribution in [-0.4, -0.2) is 60.0 Å². The summed E-state index contributed by atoms with van der Waals surface area (Å²) in [6, 6.07) is 8.29. The minimum atomic E-state index is 0.108. The van der Waals surface area contributed by atoms with E-state index in [4.69, 9.17) is 0 Å². The lowest BCUT2D eigenvalue weighted by Gasteiger charge is -2.33. The average Bonchev–Trinajstić information content (AvgIpc) is 3.01. The van der Waals surface area contributed by atoms with E-state index in [0.717, 1.165) is 43.8 Å². The number of nitrogens with zero attached hydrogens (tertiary/aromatic N) is 2. The van der Waals surface area contributed by atoms with E-state index in [9.17, 15) is 4.79 Å². The van der Waals surface area contributed by atoms with Gasteiger partial charge in [-0.25, -0.2) is 0 Å². The molecule has 0 unspecified atom stereocenters. The van der Waals surface area contributed by atoms with Crippen LogP contribution in [-0.2, 0) is 11.3 Å². The molecule has 0 atom stereocenters. The molecule has 5 heteroatoms. The first-order valence-electron chi connectivity index (χ1n) is 8.02. The van der Waals surface area contributed by atoms with E-state index in [1.165, 1.54) is 5.39 Å². The van der Waals surface area contributed by atoms with Crippen molar-refractivity contribution in [2.24, 2.45) is 0 Å². The van der Waals surface area contributed by atoms with Gasteiger partial charge in [-0.15, -0.1) is 0 Å². The van der Waals surface area contributed by atoms with Gasteiger partial charge in [-0.1, -0.05) is 19.1 Å². The number of aromatic nitrogens is 1. The Labute approximate surface area is 131 Å². The van der Waals surface area contributed by atoms with Crippen LogP contribution in [0.15, 0.2) is 30.5 Å². The smallest absolute Gasteiger partial charge is 0.234 e. The largest absolute Gasteiger partial charge is 0.361 e. The monoisotopic (exact) mass is 300 g/mol. The maximum atomic E-state index is 12.1. The molecule has 1 fully saturated rings. The summed E-state index contributed by atoms with van der Waals surface area (Å²) in [6.07, 6.45) is 1.93. The molecule has 2 heterocycles. The van der Waals surface area contributed by atoms with Gasteiger partial charge in [0.15, 0.2) is 0 Å². The number of hydrogen-bond donors (Lipinski definition) is 2. The maximum absolute atomic E-state index is 12.1. The van der Waals surface area contributed by atoms with Gasteiger partial charge in [-0.05, 0) is 29.6 Å². The van der Waals surface area contributed by atoms with Crippen molar-refractivity contribution in [2.75, 3.05) is 39.3 Å². The zero-order valence-electron chi connectivity index (χ0n) is 13.1. The SMILES string of the molecule is CCN1CCN(CC(=O)NCc2ccc3cc[nH]c3c2)CC1. The summed E-state index contributed by atoms with van der Waals surface area (Å²) in [4.78, 5) is 19.9. The molecule has 2 N–H and O–H groups in total. The third-order valence-electron chi connectivity index (χ3n) is 4.39. The quantitative estimate of drug-likeness (QED) is 0.878. The van der Waals surface area contributed by atoms with Crippen LogP contribution in [0.2, 0.25) is 0 Å². The molecule has 118 valence electrons.